The SMILES string of the molecule is CC1C=CCC2C1CCC2N1CCc2ccncc2C1. The number of nitrogens with zero attached hydrogens (tertiary/aromatic N) is 2. The van der Waals surface area contributed by atoms with Crippen LogP contribution in [0.1, 0.15) is 37.3 Å². The van der Waals surface area contributed by atoms with E-state index in [1.165, 1.54) is 43.4 Å². The summed E-state index contributed by atoms with van der Waals surface area (Å²) in [6.45, 7) is 4.77. The van der Waals surface area contributed by atoms with Crippen LogP contribution in [-0.2, 0) is 13.0 Å². The maximum atomic E-state index is 4.31. The molecule has 0 amide bonds. The fourth-order valence-corrected chi connectivity index (χ4v) is 4.80. The number of allylic oxidation sites excluding steroid dienone is 2. The second kappa shape index (κ2) is 5.00. The number of hydrogen-bond donors (Lipinski definition) is 0. The third kappa shape index (κ3) is 2.01. The molecule has 1 aromatic heterocycles. The molecule has 4 atom stereocenters. The molecule has 1 aromatic rings. The molecule has 2 heteroatoms. The van der Waals surface area contributed by atoms with Gasteiger partial charge in [0.1, 0.15) is 0 Å². The van der Waals surface area contributed by atoms with Gasteiger partial charge in [0, 0.05) is 31.5 Å². The van der Waals surface area contributed by atoms with E-state index in [-0.39, 0.29) is 0 Å². The summed E-state index contributed by atoms with van der Waals surface area (Å²) >= 11 is 0. The molecule has 106 valence electrons. The lowest BCUT2D eigenvalue weighted by atomic mass is 9.77. The highest BCUT2D eigenvalue weighted by Crippen LogP contribution is 2.45. The maximum absolute atomic E-state index is 4.31. The Hall–Kier alpha value is -1.15. The Morgan fingerprint density at radius 3 is 3.10 bits per heavy atom. The Bertz CT molecular complexity index is 522. The van der Waals surface area contributed by atoms with Gasteiger partial charge in [-0.05, 0) is 60.6 Å². The standard InChI is InChI=1S/C18H24N2/c1-13-3-2-4-17-16(13)5-6-18(17)20-10-8-14-7-9-19-11-15(14)12-20/h2-3,7,9,11,13,16-18H,4-6,8,10,12H2,1H3. The first-order valence-electron chi connectivity index (χ1n) is 8.15. The molecule has 0 N–H and O–H groups in total. The summed E-state index contributed by atoms with van der Waals surface area (Å²) in [7, 11) is 0. The van der Waals surface area contributed by atoms with E-state index < -0.39 is 0 Å². The van der Waals surface area contributed by atoms with Crippen molar-refractivity contribution in [2.45, 2.75) is 45.2 Å². The molecule has 0 radical (unpaired) electrons. The number of hydrogen-bond acceptors (Lipinski definition) is 2. The molecule has 2 nitrogen and oxygen atoms in total. The van der Waals surface area contributed by atoms with E-state index in [9.17, 15) is 0 Å². The number of pyridine rings is 1. The molecule has 2 aliphatic carbocycles. The molecule has 4 rings (SSSR count). The highest BCUT2D eigenvalue weighted by Gasteiger charge is 2.42. The van der Waals surface area contributed by atoms with Crippen LogP contribution < -0.4 is 0 Å². The van der Waals surface area contributed by atoms with Crippen molar-refractivity contribution < 1.29 is 0 Å². The molecular formula is C18H24N2. The van der Waals surface area contributed by atoms with Crippen molar-refractivity contribution in [2.75, 3.05) is 6.54 Å². The molecule has 3 aliphatic rings. The maximum Gasteiger partial charge on any atom is 0.0315 e. The lowest BCUT2D eigenvalue weighted by Crippen LogP contribution is -2.43. The highest BCUT2D eigenvalue weighted by molar-refractivity contribution is 5.26. The van der Waals surface area contributed by atoms with Crippen LogP contribution in [-0.4, -0.2) is 22.5 Å². The molecule has 1 saturated carbocycles. The lowest BCUT2D eigenvalue weighted by Gasteiger charge is -2.39. The average Bonchev–Trinajstić information content (AvgIpc) is 2.92. The third-order valence-electron chi connectivity index (χ3n) is 5.88. The van der Waals surface area contributed by atoms with Crippen LogP contribution in [0.15, 0.2) is 30.6 Å². The van der Waals surface area contributed by atoms with E-state index in [0.29, 0.717) is 0 Å². The summed E-state index contributed by atoms with van der Waals surface area (Å²) in [5.74, 6) is 2.62. The third-order valence-corrected chi connectivity index (χ3v) is 5.88. The Morgan fingerprint density at radius 2 is 2.15 bits per heavy atom. The molecule has 20 heavy (non-hydrogen) atoms. The molecule has 0 aromatic carbocycles. The predicted octanol–water partition coefficient (Wildman–Crippen LogP) is 3.43. The van der Waals surface area contributed by atoms with Crippen LogP contribution in [0.2, 0.25) is 0 Å². The lowest BCUT2D eigenvalue weighted by molar-refractivity contribution is 0.122. The monoisotopic (exact) mass is 268 g/mol. The molecule has 0 saturated heterocycles. The summed E-state index contributed by atoms with van der Waals surface area (Å²) in [6.07, 6.45) is 14.2. The second-order valence-electron chi connectivity index (χ2n) is 6.86. The Morgan fingerprint density at radius 1 is 1.20 bits per heavy atom. The summed E-state index contributed by atoms with van der Waals surface area (Å²) in [4.78, 5) is 7.07. The van der Waals surface area contributed by atoms with E-state index in [4.69, 9.17) is 0 Å². The normalized spacial score (nSPS) is 36.6. The largest absolute Gasteiger partial charge is 0.295 e. The van der Waals surface area contributed by atoms with Gasteiger partial charge in [-0.1, -0.05) is 19.1 Å². The van der Waals surface area contributed by atoms with Crippen LogP contribution >= 0.6 is 0 Å². The summed E-state index contributed by atoms with van der Waals surface area (Å²) in [5.41, 5.74) is 2.98. The summed E-state index contributed by atoms with van der Waals surface area (Å²) in [6, 6.07) is 3.01. The number of aromatic nitrogens is 1. The zero-order valence-electron chi connectivity index (χ0n) is 12.3. The average molecular weight is 268 g/mol. The van der Waals surface area contributed by atoms with Gasteiger partial charge in [-0.2, -0.15) is 0 Å². The quantitative estimate of drug-likeness (QED) is 0.725. The molecule has 1 fully saturated rings. The Balaban J connectivity index is 1.54. The van der Waals surface area contributed by atoms with Crippen LogP contribution in [0.25, 0.3) is 0 Å². The van der Waals surface area contributed by atoms with E-state index in [1.807, 2.05) is 6.20 Å². The number of rotatable bonds is 1. The zero-order chi connectivity index (χ0) is 13.5. The molecular weight excluding hydrogens is 244 g/mol. The van der Waals surface area contributed by atoms with E-state index in [2.05, 4.69) is 41.2 Å². The smallest absolute Gasteiger partial charge is 0.0315 e. The first-order chi connectivity index (χ1) is 9.83. The Kier molecular flexibility index (Phi) is 3.14. The minimum Gasteiger partial charge on any atom is -0.295 e. The van der Waals surface area contributed by atoms with Gasteiger partial charge in [0.05, 0.1) is 0 Å². The molecule has 0 spiro atoms. The van der Waals surface area contributed by atoms with Gasteiger partial charge in [-0.3, -0.25) is 9.88 Å². The van der Waals surface area contributed by atoms with Gasteiger partial charge < -0.3 is 0 Å². The predicted molar refractivity (Wildman–Crippen MR) is 81.3 cm³/mol. The van der Waals surface area contributed by atoms with Crippen molar-refractivity contribution in [2.24, 2.45) is 17.8 Å². The van der Waals surface area contributed by atoms with Gasteiger partial charge >= 0.3 is 0 Å². The second-order valence-corrected chi connectivity index (χ2v) is 6.86. The van der Waals surface area contributed by atoms with Crippen LogP contribution in [0.4, 0.5) is 0 Å². The first-order valence-corrected chi connectivity index (χ1v) is 8.15. The van der Waals surface area contributed by atoms with Crippen molar-refractivity contribution in [1.29, 1.82) is 0 Å². The Labute approximate surface area is 121 Å². The van der Waals surface area contributed by atoms with E-state index in [1.54, 1.807) is 0 Å². The van der Waals surface area contributed by atoms with Gasteiger partial charge in [0.15, 0.2) is 0 Å². The molecule has 4 unspecified atom stereocenters. The number of fused-ring (bicyclic) bond motifs is 2. The van der Waals surface area contributed by atoms with Crippen LogP contribution in [0.5, 0.6) is 0 Å². The van der Waals surface area contributed by atoms with Gasteiger partial charge in [0.2, 0.25) is 0 Å². The molecule has 1 aliphatic heterocycles. The van der Waals surface area contributed by atoms with Crippen molar-refractivity contribution in [3.05, 3.63) is 41.7 Å². The minimum atomic E-state index is 0.789. The fraction of sp³-hybridized carbons (Fsp3) is 0.611. The summed E-state index contributed by atoms with van der Waals surface area (Å²) in [5, 5.41) is 0. The fourth-order valence-electron chi connectivity index (χ4n) is 4.80. The molecule has 0 bridgehead atoms. The first kappa shape index (κ1) is 12.6. The van der Waals surface area contributed by atoms with Gasteiger partial charge in [0.25, 0.3) is 0 Å². The van der Waals surface area contributed by atoms with Gasteiger partial charge in [-0.25, -0.2) is 0 Å². The molecule has 2 heterocycles. The van der Waals surface area contributed by atoms with Crippen molar-refractivity contribution in [1.82, 2.24) is 9.88 Å². The van der Waals surface area contributed by atoms with Crippen molar-refractivity contribution in [3.8, 4) is 0 Å². The van der Waals surface area contributed by atoms with Crippen LogP contribution in [0.3, 0.4) is 0 Å². The van der Waals surface area contributed by atoms with Crippen molar-refractivity contribution in [3.63, 3.8) is 0 Å². The highest BCUT2D eigenvalue weighted by atomic mass is 15.2. The van der Waals surface area contributed by atoms with Crippen molar-refractivity contribution >= 4 is 0 Å². The van der Waals surface area contributed by atoms with E-state index >= 15 is 0 Å². The summed E-state index contributed by atoms with van der Waals surface area (Å²) < 4.78 is 0. The zero-order valence-corrected chi connectivity index (χ0v) is 12.3. The van der Waals surface area contributed by atoms with Gasteiger partial charge in [-0.15, -0.1) is 0 Å². The van der Waals surface area contributed by atoms with E-state index in [0.717, 1.165) is 30.3 Å². The topological polar surface area (TPSA) is 16.1 Å². The minimum absolute atomic E-state index is 0.789. The van der Waals surface area contributed by atoms with Crippen LogP contribution in [0, 0.1) is 17.8 Å².